The summed E-state index contributed by atoms with van der Waals surface area (Å²) in [7, 11) is 0. The molecule has 1 aromatic rings. The third-order valence-corrected chi connectivity index (χ3v) is 10.2. The van der Waals surface area contributed by atoms with Crippen molar-refractivity contribution in [2.75, 3.05) is 19.8 Å². The van der Waals surface area contributed by atoms with Gasteiger partial charge in [-0.3, -0.25) is 14.4 Å². The second kappa shape index (κ2) is 9.87. The summed E-state index contributed by atoms with van der Waals surface area (Å²) in [5.41, 5.74) is 0.271. The number of benzene rings is 1. The minimum atomic E-state index is -0.979. The van der Waals surface area contributed by atoms with Gasteiger partial charge in [-0.1, -0.05) is 54.6 Å². The molecule has 8 heteroatoms. The van der Waals surface area contributed by atoms with Crippen LogP contribution in [-0.2, 0) is 19.1 Å². The van der Waals surface area contributed by atoms with Crippen molar-refractivity contribution >= 4 is 29.5 Å². The largest absolute Gasteiger partial charge is 0.465 e. The van der Waals surface area contributed by atoms with Gasteiger partial charge in [0.1, 0.15) is 6.04 Å². The number of ether oxygens (including phenoxy) is 1. The van der Waals surface area contributed by atoms with Gasteiger partial charge in [-0.05, 0) is 52.5 Å². The number of rotatable bonds is 3. The molecule has 1 N–H and O–H groups in total. The van der Waals surface area contributed by atoms with Crippen molar-refractivity contribution in [3.8, 4) is 0 Å². The lowest BCUT2D eigenvalue weighted by molar-refractivity contribution is -0.155. The van der Waals surface area contributed by atoms with Gasteiger partial charge in [0.05, 0.1) is 35.8 Å². The molecule has 0 saturated carbocycles. The molecular formula is C30H38N2O5S. The zero-order chi connectivity index (χ0) is 27.3. The number of fused-ring (bicyclic) bond motifs is 2. The van der Waals surface area contributed by atoms with Crippen LogP contribution in [0.15, 0.2) is 54.6 Å². The molecule has 6 atom stereocenters. The average molecular weight is 539 g/mol. The number of nitrogens with zero attached hydrogens (tertiary/aromatic N) is 2. The Morgan fingerprint density at radius 3 is 2.47 bits per heavy atom. The summed E-state index contributed by atoms with van der Waals surface area (Å²) >= 11 is 1.54. The molecule has 2 amide bonds. The van der Waals surface area contributed by atoms with Crippen molar-refractivity contribution in [1.82, 2.24) is 9.80 Å². The van der Waals surface area contributed by atoms with Gasteiger partial charge < -0.3 is 19.6 Å². The minimum absolute atomic E-state index is 0.162. The molecule has 1 aromatic carbocycles. The number of likely N-dealkylation sites (tertiary alicyclic amines) is 1. The monoisotopic (exact) mass is 538 g/mol. The first-order valence-corrected chi connectivity index (χ1v) is 14.4. The predicted molar refractivity (Wildman–Crippen MR) is 147 cm³/mol. The van der Waals surface area contributed by atoms with Gasteiger partial charge in [-0.15, -0.1) is 11.8 Å². The normalized spacial score (nSPS) is 35.2. The van der Waals surface area contributed by atoms with Gasteiger partial charge >= 0.3 is 5.97 Å². The Morgan fingerprint density at radius 2 is 1.79 bits per heavy atom. The van der Waals surface area contributed by atoms with Gasteiger partial charge in [-0.25, -0.2) is 0 Å². The molecule has 38 heavy (non-hydrogen) atoms. The Bertz CT molecular complexity index is 1160. The van der Waals surface area contributed by atoms with E-state index in [4.69, 9.17) is 4.74 Å². The van der Waals surface area contributed by atoms with Crippen LogP contribution in [0.4, 0.5) is 0 Å². The van der Waals surface area contributed by atoms with Crippen LogP contribution in [0.2, 0.25) is 0 Å². The van der Waals surface area contributed by atoms with Crippen molar-refractivity contribution in [3.05, 3.63) is 60.2 Å². The molecule has 7 nitrogen and oxygen atoms in total. The molecule has 4 heterocycles. The summed E-state index contributed by atoms with van der Waals surface area (Å²) in [4.78, 5) is 46.2. The van der Waals surface area contributed by atoms with Gasteiger partial charge in [0, 0.05) is 16.8 Å². The highest BCUT2D eigenvalue weighted by Crippen LogP contribution is 2.66. The second-order valence-corrected chi connectivity index (χ2v) is 13.7. The Labute approximate surface area is 229 Å². The third kappa shape index (κ3) is 4.20. The van der Waals surface area contributed by atoms with Crippen molar-refractivity contribution in [1.29, 1.82) is 0 Å². The van der Waals surface area contributed by atoms with E-state index in [1.165, 1.54) is 11.8 Å². The Balaban J connectivity index is 1.71. The second-order valence-electron chi connectivity index (χ2n) is 11.9. The summed E-state index contributed by atoms with van der Waals surface area (Å²) in [6.45, 7) is 8.35. The summed E-state index contributed by atoms with van der Waals surface area (Å²) in [6, 6.07) is 7.74. The highest BCUT2D eigenvalue weighted by molar-refractivity contribution is 8.02. The van der Waals surface area contributed by atoms with Crippen LogP contribution in [0.1, 0.15) is 58.6 Å². The quantitative estimate of drug-likeness (QED) is 0.464. The Kier molecular flexibility index (Phi) is 7.01. The van der Waals surface area contributed by atoms with Crippen molar-refractivity contribution in [2.45, 2.75) is 74.1 Å². The highest BCUT2D eigenvalue weighted by atomic mass is 32.2. The van der Waals surface area contributed by atoms with Crippen LogP contribution in [-0.4, -0.2) is 73.5 Å². The number of amides is 2. The van der Waals surface area contributed by atoms with E-state index < -0.39 is 39.0 Å². The molecule has 2 fully saturated rings. The molecule has 4 aliphatic heterocycles. The summed E-state index contributed by atoms with van der Waals surface area (Å²) in [5, 5.41) is 10.6. The maximum absolute atomic E-state index is 14.6. The molecule has 204 valence electrons. The molecule has 0 bridgehead atoms. The van der Waals surface area contributed by atoms with Crippen molar-refractivity contribution < 1.29 is 24.2 Å². The Hall–Kier alpha value is -2.58. The average Bonchev–Trinajstić information content (AvgIpc) is 3.19. The van der Waals surface area contributed by atoms with Gasteiger partial charge in [0.15, 0.2) is 0 Å². The number of hydrogen-bond donors (Lipinski definition) is 1. The summed E-state index contributed by atoms with van der Waals surface area (Å²) in [6.07, 6.45) is 10.7. The van der Waals surface area contributed by atoms with Gasteiger partial charge in [0.2, 0.25) is 11.8 Å². The van der Waals surface area contributed by atoms with Crippen LogP contribution >= 0.6 is 11.8 Å². The van der Waals surface area contributed by atoms with E-state index in [-0.39, 0.29) is 24.4 Å². The standard InChI is InChI=1S/C30H38N2O5S/c1-28(2,3)31-17-12-16-30-22(23-27(36)37-18-11-6-5-10-15-29(23,4)38-30)25(34)32(24(30)26(31)35)21(19-33)20-13-8-7-9-14-20/h7-10,12-16,21-24,33H,5-6,11,17-19H2,1-4H3/b15-10-/t21-,22+,23-,24?,29+,30+/m1/s1. The number of aliphatic hydroxyl groups is 1. The lowest BCUT2D eigenvalue weighted by atomic mass is 9.74. The number of thioether (sulfide) groups is 1. The first-order valence-electron chi connectivity index (χ1n) is 13.6. The smallest absolute Gasteiger partial charge is 0.311 e. The first-order chi connectivity index (χ1) is 18.0. The van der Waals surface area contributed by atoms with Crippen molar-refractivity contribution in [3.63, 3.8) is 0 Å². The number of carbonyl (C=O) groups excluding carboxylic acids is 3. The zero-order valence-electron chi connectivity index (χ0n) is 22.6. The molecule has 0 aliphatic carbocycles. The number of cyclic esters (lactones) is 1. The van der Waals surface area contributed by atoms with Gasteiger partial charge in [0.25, 0.3) is 0 Å². The number of aliphatic hydroxyl groups excluding tert-OH is 1. The van der Waals surface area contributed by atoms with E-state index in [9.17, 15) is 19.5 Å². The molecule has 4 aliphatic rings. The van der Waals surface area contributed by atoms with E-state index in [2.05, 4.69) is 12.2 Å². The summed E-state index contributed by atoms with van der Waals surface area (Å²) in [5.74, 6) is -2.38. The minimum Gasteiger partial charge on any atom is -0.465 e. The van der Waals surface area contributed by atoms with E-state index in [0.29, 0.717) is 13.2 Å². The van der Waals surface area contributed by atoms with Crippen LogP contribution in [0.3, 0.4) is 0 Å². The molecule has 0 aromatic heterocycles. The molecular weight excluding hydrogens is 500 g/mol. The van der Waals surface area contributed by atoms with Crippen LogP contribution < -0.4 is 0 Å². The van der Waals surface area contributed by atoms with Crippen LogP contribution in [0, 0.1) is 11.8 Å². The molecule has 1 unspecified atom stereocenters. The van der Waals surface area contributed by atoms with Crippen LogP contribution in [0.5, 0.6) is 0 Å². The van der Waals surface area contributed by atoms with Crippen LogP contribution in [0.25, 0.3) is 0 Å². The van der Waals surface area contributed by atoms with E-state index >= 15 is 0 Å². The summed E-state index contributed by atoms with van der Waals surface area (Å²) < 4.78 is 4.05. The Morgan fingerprint density at radius 1 is 1.05 bits per heavy atom. The first kappa shape index (κ1) is 27.0. The van der Waals surface area contributed by atoms with E-state index in [1.54, 1.807) is 9.80 Å². The van der Waals surface area contributed by atoms with Gasteiger partial charge in [-0.2, -0.15) is 0 Å². The predicted octanol–water partition coefficient (Wildman–Crippen LogP) is 3.89. The molecule has 0 radical (unpaired) electrons. The number of esters is 1. The SMILES string of the molecule is CC(C)(C)N1CC=C[C@]23S[C@@]4(C)/C=C\CCCCOC(=O)[C@H]4[C@H]2C(=O)N([C@H](CO)c2ccccc2)C3C1=O. The van der Waals surface area contributed by atoms with E-state index in [1.807, 2.05) is 70.2 Å². The maximum atomic E-state index is 14.6. The molecule has 1 spiro atoms. The lowest BCUT2D eigenvalue weighted by Gasteiger charge is -2.42. The number of allylic oxidation sites excluding steroid dienone is 1. The topological polar surface area (TPSA) is 87.2 Å². The van der Waals surface area contributed by atoms with Crippen molar-refractivity contribution in [2.24, 2.45) is 11.8 Å². The number of hydrogen-bond acceptors (Lipinski definition) is 6. The highest BCUT2D eigenvalue weighted by Gasteiger charge is 2.74. The lowest BCUT2D eigenvalue weighted by Crippen LogP contribution is -2.58. The fraction of sp³-hybridized carbons (Fsp3) is 0.567. The van der Waals surface area contributed by atoms with E-state index in [0.717, 1.165) is 24.8 Å². The fourth-order valence-corrected chi connectivity index (χ4v) is 8.85. The third-order valence-electron chi connectivity index (χ3n) is 8.44. The maximum Gasteiger partial charge on any atom is 0.311 e. The molecule has 2 saturated heterocycles. The number of carbonyl (C=O) groups is 3. The zero-order valence-corrected chi connectivity index (χ0v) is 23.4. The molecule has 5 rings (SSSR count). The fourth-order valence-electron chi connectivity index (χ4n) is 6.71.